The average molecular weight is 1230 g/mol. The molecular weight excluding hydrogens is 1130 g/mol. The first-order chi connectivity index (χ1) is 48.5. The Kier molecular flexibility index (Phi) is 12.4. The van der Waals surface area contributed by atoms with Crippen molar-refractivity contribution in [2.24, 2.45) is 0 Å². The Morgan fingerprint density at radius 2 is 1.13 bits per heavy atom. The summed E-state index contributed by atoms with van der Waals surface area (Å²) in [6, 6.07) is 39.4. The van der Waals surface area contributed by atoms with Gasteiger partial charge in [0.2, 0.25) is 0 Å². The second-order valence-electron chi connectivity index (χ2n) is 29.5. The lowest BCUT2D eigenvalue weighted by atomic mass is 9.48. The topological polar surface area (TPSA) is 40.0 Å². The average Bonchev–Trinajstić information content (AvgIpc) is 1.68. The number of fused-ring (bicyclic) bond motifs is 6. The molecule has 0 unspecified atom stereocenters. The third kappa shape index (κ3) is 11.3. The van der Waals surface area contributed by atoms with E-state index in [9.17, 15) is 2.74 Å². The molecule has 7 nitrogen and oxygen atoms in total. The number of allylic oxidation sites excluding steroid dienone is 8. The van der Waals surface area contributed by atoms with E-state index in [1.54, 1.807) is 41.0 Å². The van der Waals surface area contributed by atoms with Crippen molar-refractivity contribution < 1.29 is 18.4 Å². The van der Waals surface area contributed by atoms with Gasteiger partial charge in [-0.2, -0.15) is 0 Å². The zero-order chi connectivity index (χ0) is 73.4. The van der Waals surface area contributed by atoms with E-state index in [0.29, 0.717) is 35.6 Å². The van der Waals surface area contributed by atoms with Crippen LogP contribution < -0.4 is 14.5 Å². The number of pyridine rings is 1. The van der Waals surface area contributed by atoms with Crippen molar-refractivity contribution in [3.8, 4) is 28.4 Å². The molecule has 7 heterocycles. The van der Waals surface area contributed by atoms with Gasteiger partial charge in [-0.25, -0.2) is 4.98 Å². The number of rotatable bonds is 11. The largest absolute Gasteiger partial charge is 0.457 e. The molecule has 464 valence electrons. The lowest BCUT2D eigenvalue weighted by Crippen LogP contribution is -2.37. The summed E-state index contributed by atoms with van der Waals surface area (Å²) in [5.41, 5.74) is 12.7. The molecule has 93 heavy (non-hydrogen) atoms. The van der Waals surface area contributed by atoms with Gasteiger partial charge in [0.1, 0.15) is 17.3 Å². The predicted octanol–water partition coefficient (Wildman–Crippen LogP) is 21.0. The molecule has 0 saturated heterocycles. The number of hydrogen-bond donors (Lipinski definition) is 0. The molecule has 5 aliphatic rings. The molecule has 0 aliphatic carbocycles. The van der Waals surface area contributed by atoms with Gasteiger partial charge in [0, 0.05) is 55.0 Å². The summed E-state index contributed by atoms with van der Waals surface area (Å²) in [5.74, 6) is 5.48. The number of anilines is 3. The molecule has 2 aromatic heterocycles. The second-order valence-corrected chi connectivity index (χ2v) is 29.5. The monoisotopic (exact) mass is 1230 g/mol. The molecule has 14 rings (SSSR count). The van der Waals surface area contributed by atoms with Crippen LogP contribution in [0, 0.1) is 0 Å². The Hall–Kier alpha value is -9.46. The smallest absolute Gasteiger partial charge is 0.320 e. The Balaban J connectivity index is 0.972. The molecule has 0 N–H and O–H groups in total. The second kappa shape index (κ2) is 23.0. The minimum Gasteiger partial charge on any atom is -0.457 e. The highest BCUT2D eigenvalue weighted by Crippen LogP contribution is 2.50. The Morgan fingerprint density at radius 1 is 0.527 bits per heavy atom. The fourth-order valence-electron chi connectivity index (χ4n) is 13.9. The van der Waals surface area contributed by atoms with Gasteiger partial charge < -0.3 is 24.2 Å². The van der Waals surface area contributed by atoms with E-state index < -0.39 is 31.2 Å². The van der Waals surface area contributed by atoms with Crippen LogP contribution in [-0.4, -0.2) is 39.5 Å². The Morgan fingerprint density at radius 3 is 1.75 bits per heavy atom. The van der Waals surface area contributed by atoms with Gasteiger partial charge >= 0.3 is 13.7 Å². The van der Waals surface area contributed by atoms with Crippen molar-refractivity contribution in [2.45, 2.75) is 130 Å². The number of benzene rings is 7. The van der Waals surface area contributed by atoms with Crippen molar-refractivity contribution >= 4 is 63.5 Å². The van der Waals surface area contributed by atoms with Crippen molar-refractivity contribution in [1.29, 1.82) is 0 Å². The first-order valence-electron chi connectivity index (χ1n) is 37.5. The van der Waals surface area contributed by atoms with Gasteiger partial charge in [-0.1, -0.05) is 218 Å². The van der Waals surface area contributed by atoms with Crippen molar-refractivity contribution in [3.63, 3.8) is 0 Å². The maximum Gasteiger partial charge on any atom is 0.320 e. The quantitative estimate of drug-likeness (QED) is 0.120. The number of hydrogen-bond acceptors (Lipinski definition) is 6. The van der Waals surface area contributed by atoms with E-state index in [2.05, 4.69) is 255 Å². The first-order valence-corrected chi connectivity index (χ1v) is 32.5. The normalized spacial score (nSPS) is 17.4. The van der Waals surface area contributed by atoms with E-state index in [-0.39, 0.29) is 75.3 Å². The molecule has 7 aromatic carbocycles. The zero-order valence-corrected chi connectivity index (χ0v) is 55.4. The molecule has 0 saturated carbocycles. The van der Waals surface area contributed by atoms with E-state index in [4.69, 9.17) is 20.7 Å². The van der Waals surface area contributed by atoms with Gasteiger partial charge in [-0.3, -0.25) is 4.57 Å². The summed E-state index contributed by atoms with van der Waals surface area (Å²) >= 11 is 0. The molecule has 0 bridgehead atoms. The van der Waals surface area contributed by atoms with Crippen molar-refractivity contribution in [3.05, 3.63) is 293 Å². The minimum absolute atomic E-state index is 0.0238. The molecule has 0 atom stereocenters. The van der Waals surface area contributed by atoms with Crippen LogP contribution >= 0.6 is 0 Å². The van der Waals surface area contributed by atoms with Gasteiger partial charge in [-0.15, -0.1) is 0 Å². The van der Waals surface area contributed by atoms with Gasteiger partial charge in [0.15, 0.2) is 0 Å². The lowest BCUT2D eigenvalue weighted by Gasteiger charge is -2.35. The first kappa shape index (κ1) is 50.1. The van der Waals surface area contributed by atoms with Crippen LogP contribution in [0.4, 0.5) is 17.1 Å². The Bertz CT molecular complexity index is 5070. The standard InChI is InChI=1S/C84H86B2N6O/c1-80(2,3)60-48-67(72-31-26-44-89-42-24-22-39-85(72)89)69(68(49-60)73-32-27-45-90-43-25-23-40-86(73)90)55-88-56-91(76-35-21-20-34-75(76)88)62-46-57(79-70(82(7,8)9)50-61(81(4,5)6)51-71(79)83(10,11)12)47-64(53-62)93-63-36-37-66-65-30-18-19-33-74(65)92(77(66)54-63)78-52-59(38-41-87-78)84(13,14)58-28-16-15-17-29-58/h15-54H,55-56H2,1-14H3/i13D3,14D3,18D,19D,30D,33D. The van der Waals surface area contributed by atoms with Crippen LogP contribution in [0.15, 0.2) is 243 Å². The van der Waals surface area contributed by atoms with E-state index in [0.717, 1.165) is 28.2 Å². The Labute approximate surface area is 567 Å². The number of nitrogens with zero attached hydrogens (tertiary/aromatic N) is 6. The molecule has 5 aliphatic heterocycles. The predicted molar refractivity (Wildman–Crippen MR) is 396 cm³/mol. The van der Waals surface area contributed by atoms with Gasteiger partial charge in [0.05, 0.1) is 34.6 Å². The van der Waals surface area contributed by atoms with Gasteiger partial charge in [-0.05, 0) is 197 Å². The highest BCUT2D eigenvalue weighted by molar-refractivity contribution is 6.83. The summed E-state index contributed by atoms with van der Waals surface area (Å²) in [5, 5.41) is 0.638. The molecule has 0 amide bonds. The fraction of sp³-hybridized carbons (Fsp3) is 0.250. The lowest BCUT2D eigenvalue weighted by molar-refractivity contribution is 0.483. The van der Waals surface area contributed by atoms with E-state index in [1.807, 2.05) is 0 Å². The van der Waals surface area contributed by atoms with Crippen LogP contribution in [0.5, 0.6) is 11.5 Å². The number of ether oxygens (including phenoxy) is 1. The van der Waals surface area contributed by atoms with Crippen LogP contribution in [-0.2, 0) is 33.6 Å². The van der Waals surface area contributed by atoms with Crippen LogP contribution in [0.2, 0.25) is 0 Å². The number of para-hydroxylation sites is 3. The van der Waals surface area contributed by atoms with E-state index in [1.165, 1.54) is 80.4 Å². The third-order valence-corrected chi connectivity index (χ3v) is 18.9. The summed E-state index contributed by atoms with van der Waals surface area (Å²) in [7, 11) is 0. The highest BCUT2D eigenvalue weighted by Gasteiger charge is 2.38. The van der Waals surface area contributed by atoms with Crippen molar-refractivity contribution in [1.82, 2.24) is 19.2 Å². The third-order valence-electron chi connectivity index (χ3n) is 18.9. The SMILES string of the molecule is [2H]c1c([2H])c([2H])c2c(c1[2H])c1ccc(Oc3cc(-c4c(C(C)(C)C)cc(C(C)(C)C)cc4C(C)(C)C)cc(N4CN(Cc5c(C6=CC=CN7C=CC=CB67)cc(C(C)(C)C)cc5C5=CC=CN6C=CC=CB56)c5ccccc54)c3)cc1n2-c1cc(C(c2ccccc2)(C([2H])([2H])[2H])C([2H])([2H])[2H])ccn1. The van der Waals surface area contributed by atoms with Gasteiger partial charge in [0.25, 0.3) is 0 Å². The van der Waals surface area contributed by atoms with E-state index >= 15 is 0 Å². The minimum atomic E-state index is -3.12. The molecule has 9 heteroatoms. The summed E-state index contributed by atoms with van der Waals surface area (Å²) in [4.78, 5) is 14.3. The van der Waals surface area contributed by atoms with Crippen LogP contribution in [0.1, 0.15) is 161 Å². The summed E-state index contributed by atoms with van der Waals surface area (Å²) < 4.78 is 100. The molecular formula is C84H86B2N6O. The maximum atomic E-state index is 9.53. The highest BCUT2D eigenvalue weighted by atomic mass is 16.5. The fourth-order valence-corrected chi connectivity index (χ4v) is 13.9. The summed E-state index contributed by atoms with van der Waals surface area (Å²) in [6.45, 7) is 22.1. The van der Waals surface area contributed by atoms with Crippen LogP contribution in [0.3, 0.4) is 0 Å². The van der Waals surface area contributed by atoms with Crippen LogP contribution in [0.25, 0.3) is 49.7 Å². The molecule has 0 spiro atoms. The summed E-state index contributed by atoms with van der Waals surface area (Å²) in [6.07, 6.45) is 27.3. The molecule has 0 fully saturated rings. The zero-order valence-electron chi connectivity index (χ0n) is 65.4. The maximum absolute atomic E-state index is 9.53. The number of aromatic nitrogens is 2. The molecule has 9 aromatic rings. The van der Waals surface area contributed by atoms with Crippen molar-refractivity contribution in [2.75, 3.05) is 16.5 Å². The molecule has 0 radical (unpaired) electrons.